The van der Waals surface area contributed by atoms with Gasteiger partial charge in [-0.1, -0.05) is 36.1 Å². The third kappa shape index (κ3) is 3.53. The molecule has 0 saturated heterocycles. The second kappa shape index (κ2) is 5.85. The molecule has 0 spiro atoms. The van der Waals surface area contributed by atoms with Crippen LogP contribution in [0.5, 0.6) is 5.75 Å². The number of methoxy groups -OCH3 is 1. The number of thiocarbonyl (C=S) groups is 1. The van der Waals surface area contributed by atoms with Crippen molar-refractivity contribution in [3.63, 3.8) is 0 Å². The Bertz CT molecular complexity index is 300. The molecule has 0 bridgehead atoms. The first kappa shape index (κ1) is 11.3. The van der Waals surface area contributed by atoms with E-state index in [1.165, 1.54) is 17.3 Å². The average molecular weight is 228 g/mol. The Morgan fingerprint density at radius 1 is 1.50 bits per heavy atom. The summed E-state index contributed by atoms with van der Waals surface area (Å²) in [5.74, 6) is 6.82. The maximum atomic E-state index is 5.15. The summed E-state index contributed by atoms with van der Waals surface area (Å²) in [6.07, 6.45) is 0. The van der Waals surface area contributed by atoms with Crippen molar-refractivity contribution in [1.29, 1.82) is 0 Å². The molecule has 14 heavy (non-hydrogen) atoms. The lowest BCUT2D eigenvalue weighted by atomic mass is 10.2. The van der Waals surface area contributed by atoms with E-state index in [-0.39, 0.29) is 0 Å². The van der Waals surface area contributed by atoms with Gasteiger partial charge in [-0.15, -0.1) is 0 Å². The van der Waals surface area contributed by atoms with Crippen LogP contribution in [0.3, 0.4) is 0 Å². The summed E-state index contributed by atoms with van der Waals surface area (Å²) in [6.45, 7) is 0. The van der Waals surface area contributed by atoms with Crippen LogP contribution in [0.15, 0.2) is 24.3 Å². The maximum Gasteiger partial charge on any atom is 0.148 e. The number of ether oxygens (including phenoxy) is 1. The molecular weight excluding hydrogens is 216 g/mol. The highest BCUT2D eigenvalue weighted by atomic mass is 32.2. The molecule has 0 heterocycles. The molecule has 0 unspecified atom stereocenters. The number of rotatable bonds is 3. The molecule has 1 aromatic carbocycles. The largest absolute Gasteiger partial charge is 0.497 e. The molecule has 0 aromatic heterocycles. The van der Waals surface area contributed by atoms with E-state index in [4.69, 9.17) is 22.8 Å². The van der Waals surface area contributed by atoms with Gasteiger partial charge >= 0.3 is 0 Å². The lowest BCUT2D eigenvalue weighted by Crippen LogP contribution is -2.25. The van der Waals surface area contributed by atoms with Crippen LogP contribution in [0.2, 0.25) is 0 Å². The van der Waals surface area contributed by atoms with Crippen molar-refractivity contribution in [1.82, 2.24) is 5.43 Å². The summed E-state index contributed by atoms with van der Waals surface area (Å²) in [5, 5.41) is 0. The van der Waals surface area contributed by atoms with Crippen molar-refractivity contribution < 1.29 is 4.74 Å². The van der Waals surface area contributed by atoms with Gasteiger partial charge in [0.2, 0.25) is 0 Å². The van der Waals surface area contributed by atoms with Crippen LogP contribution in [-0.2, 0) is 5.75 Å². The molecule has 0 fully saturated rings. The van der Waals surface area contributed by atoms with Crippen LogP contribution in [0, 0.1) is 0 Å². The molecule has 0 aliphatic heterocycles. The molecule has 76 valence electrons. The fourth-order valence-corrected chi connectivity index (χ4v) is 1.66. The van der Waals surface area contributed by atoms with Crippen LogP contribution in [0.25, 0.3) is 0 Å². The first-order chi connectivity index (χ1) is 6.76. The van der Waals surface area contributed by atoms with E-state index in [2.05, 4.69) is 5.43 Å². The lowest BCUT2D eigenvalue weighted by molar-refractivity contribution is 0.414. The molecule has 0 saturated carbocycles. The fourth-order valence-electron chi connectivity index (χ4n) is 0.912. The Hall–Kier alpha value is -0.780. The Morgan fingerprint density at radius 2 is 2.14 bits per heavy atom. The zero-order chi connectivity index (χ0) is 10.4. The Labute approximate surface area is 93.0 Å². The van der Waals surface area contributed by atoms with E-state index < -0.39 is 0 Å². The summed E-state index contributed by atoms with van der Waals surface area (Å²) < 4.78 is 5.65. The van der Waals surface area contributed by atoms with E-state index in [0.29, 0.717) is 4.32 Å². The number of thioether (sulfide) groups is 1. The van der Waals surface area contributed by atoms with Crippen molar-refractivity contribution in [3.05, 3.63) is 29.8 Å². The van der Waals surface area contributed by atoms with E-state index in [1.807, 2.05) is 24.3 Å². The third-order valence-corrected chi connectivity index (χ3v) is 2.98. The summed E-state index contributed by atoms with van der Waals surface area (Å²) >= 11 is 6.40. The summed E-state index contributed by atoms with van der Waals surface area (Å²) in [7, 11) is 1.65. The predicted molar refractivity (Wildman–Crippen MR) is 64.2 cm³/mol. The minimum atomic E-state index is 0.598. The van der Waals surface area contributed by atoms with Gasteiger partial charge in [0, 0.05) is 5.75 Å². The Kier molecular flexibility index (Phi) is 4.72. The minimum Gasteiger partial charge on any atom is -0.497 e. The average Bonchev–Trinajstić information content (AvgIpc) is 2.26. The Balaban J connectivity index is 2.47. The van der Waals surface area contributed by atoms with Crippen molar-refractivity contribution in [2.45, 2.75) is 5.75 Å². The van der Waals surface area contributed by atoms with Crippen LogP contribution in [0.4, 0.5) is 0 Å². The van der Waals surface area contributed by atoms with Crippen LogP contribution < -0.4 is 16.0 Å². The molecule has 0 aliphatic carbocycles. The zero-order valence-electron chi connectivity index (χ0n) is 7.82. The van der Waals surface area contributed by atoms with Crippen molar-refractivity contribution in [3.8, 4) is 5.75 Å². The zero-order valence-corrected chi connectivity index (χ0v) is 9.45. The van der Waals surface area contributed by atoms with Crippen molar-refractivity contribution >= 4 is 28.3 Å². The lowest BCUT2D eigenvalue weighted by Gasteiger charge is -2.03. The summed E-state index contributed by atoms with van der Waals surface area (Å²) in [5.41, 5.74) is 3.62. The summed E-state index contributed by atoms with van der Waals surface area (Å²) in [6, 6.07) is 7.86. The monoisotopic (exact) mass is 228 g/mol. The van der Waals surface area contributed by atoms with Crippen LogP contribution in [0.1, 0.15) is 5.56 Å². The van der Waals surface area contributed by atoms with Crippen molar-refractivity contribution in [2.75, 3.05) is 7.11 Å². The van der Waals surface area contributed by atoms with Gasteiger partial charge in [0.1, 0.15) is 10.1 Å². The van der Waals surface area contributed by atoms with Gasteiger partial charge in [-0.05, 0) is 17.7 Å². The highest BCUT2D eigenvalue weighted by Gasteiger charge is 1.97. The topological polar surface area (TPSA) is 47.3 Å². The second-order valence-corrected chi connectivity index (χ2v) is 4.22. The standard InChI is InChI=1S/C9H12N2OS2/c1-12-8-4-2-7(3-5-8)6-14-9(13)11-10/h2-5H,6,10H2,1H3,(H,11,13). The van der Waals surface area contributed by atoms with Gasteiger partial charge in [0.05, 0.1) is 7.11 Å². The van der Waals surface area contributed by atoms with Gasteiger partial charge in [0.15, 0.2) is 0 Å². The third-order valence-electron chi connectivity index (χ3n) is 1.65. The molecule has 0 radical (unpaired) electrons. The maximum absolute atomic E-state index is 5.15. The first-order valence-corrected chi connectivity index (χ1v) is 5.42. The number of hydrogen-bond acceptors (Lipinski definition) is 4. The quantitative estimate of drug-likeness (QED) is 0.468. The fraction of sp³-hybridized carbons (Fsp3) is 0.222. The van der Waals surface area contributed by atoms with E-state index >= 15 is 0 Å². The second-order valence-electron chi connectivity index (χ2n) is 2.57. The Morgan fingerprint density at radius 3 is 2.64 bits per heavy atom. The van der Waals surface area contributed by atoms with E-state index in [9.17, 15) is 0 Å². The van der Waals surface area contributed by atoms with Crippen LogP contribution >= 0.6 is 24.0 Å². The highest BCUT2D eigenvalue weighted by molar-refractivity contribution is 8.22. The SMILES string of the molecule is COc1ccc(CSC(=S)NN)cc1. The normalized spacial score (nSPS) is 9.57. The number of hydrazine groups is 1. The van der Waals surface area contributed by atoms with Gasteiger partial charge in [0.25, 0.3) is 0 Å². The first-order valence-electron chi connectivity index (χ1n) is 4.02. The minimum absolute atomic E-state index is 0.598. The van der Waals surface area contributed by atoms with E-state index in [1.54, 1.807) is 7.11 Å². The molecular formula is C9H12N2OS2. The predicted octanol–water partition coefficient (Wildman–Crippen LogP) is 1.68. The van der Waals surface area contributed by atoms with Gasteiger partial charge in [-0.3, -0.25) is 0 Å². The molecule has 1 aromatic rings. The number of nitrogens with two attached hydrogens (primary N) is 1. The molecule has 1 rings (SSSR count). The molecule has 3 nitrogen and oxygen atoms in total. The molecule has 0 amide bonds. The van der Waals surface area contributed by atoms with Gasteiger partial charge in [-0.25, -0.2) is 5.84 Å². The van der Waals surface area contributed by atoms with Gasteiger partial charge in [-0.2, -0.15) is 0 Å². The molecule has 0 aliphatic rings. The van der Waals surface area contributed by atoms with Crippen LogP contribution in [-0.4, -0.2) is 11.4 Å². The number of nitrogens with one attached hydrogen (secondary N) is 1. The molecule has 3 N–H and O–H groups in total. The smallest absolute Gasteiger partial charge is 0.148 e. The number of hydrogen-bond donors (Lipinski definition) is 2. The van der Waals surface area contributed by atoms with Gasteiger partial charge < -0.3 is 10.2 Å². The highest BCUT2D eigenvalue weighted by Crippen LogP contribution is 2.16. The van der Waals surface area contributed by atoms with Crippen molar-refractivity contribution in [2.24, 2.45) is 5.84 Å². The number of benzene rings is 1. The van der Waals surface area contributed by atoms with E-state index in [0.717, 1.165) is 11.5 Å². The summed E-state index contributed by atoms with van der Waals surface area (Å²) in [4.78, 5) is 0. The molecule has 0 atom stereocenters. The molecule has 5 heteroatoms.